The summed E-state index contributed by atoms with van der Waals surface area (Å²) in [6, 6.07) is 20.9. The summed E-state index contributed by atoms with van der Waals surface area (Å²) in [5.41, 5.74) is 31.7. The second-order valence-corrected chi connectivity index (χ2v) is 37.3. The van der Waals surface area contributed by atoms with Crippen molar-refractivity contribution in [2.75, 3.05) is 39.6 Å². The summed E-state index contributed by atoms with van der Waals surface area (Å²) in [5.74, 6) is 8.28. The number of nitrogens with zero attached hydrogens (tertiary/aromatic N) is 8. The van der Waals surface area contributed by atoms with Gasteiger partial charge in [0.2, 0.25) is 47.0 Å². The zero-order valence-electron chi connectivity index (χ0n) is 88.7. The Morgan fingerprint density at radius 3 is 0.694 bits per heavy atom. The third kappa shape index (κ3) is 35.2. The van der Waals surface area contributed by atoms with Crippen LogP contribution in [0.1, 0.15) is 312 Å². The molecule has 4 N–H and O–H groups in total. The van der Waals surface area contributed by atoms with Gasteiger partial charge in [-0.25, -0.2) is 39.9 Å². The molecular weight excluding hydrogens is 1670 g/mol. The van der Waals surface area contributed by atoms with Gasteiger partial charge in [-0.3, -0.25) is 0 Å². The number of aromatic hydroxyl groups is 4. The molecule has 20 nitrogen and oxygen atoms in total. The molecule has 2 saturated carbocycles. The van der Waals surface area contributed by atoms with E-state index in [1.165, 1.54) is 111 Å². The molecule has 2 aliphatic rings. The third-order valence-corrected chi connectivity index (χ3v) is 26.3. The summed E-state index contributed by atoms with van der Waals surface area (Å²) < 4.78 is 46.2. The number of unbranched alkanes of at least 4 members (excludes halogenated alkanes) is 2. The number of aryl methyl sites for hydroxylation is 10. The van der Waals surface area contributed by atoms with Gasteiger partial charge >= 0.3 is 0 Å². The van der Waals surface area contributed by atoms with Crippen LogP contribution in [0.15, 0.2) is 60.7 Å². The first-order chi connectivity index (χ1) is 63.4. The lowest BCUT2D eigenvalue weighted by atomic mass is 10.0. The van der Waals surface area contributed by atoms with Gasteiger partial charge in [-0.15, -0.1) is 0 Å². The molecule has 20 heteroatoms. The van der Waals surface area contributed by atoms with Crippen molar-refractivity contribution in [3.8, 4) is 70.0 Å². The second-order valence-electron chi connectivity index (χ2n) is 37.3. The average molecular weight is 1840 g/mol. The predicted molar refractivity (Wildman–Crippen MR) is 550 cm³/mol. The van der Waals surface area contributed by atoms with Crippen LogP contribution in [-0.4, -0.2) is 112 Å². The topological polar surface area (TPSA) is 258 Å². The van der Waals surface area contributed by atoms with Gasteiger partial charge in [0.25, 0.3) is 0 Å². The van der Waals surface area contributed by atoms with Crippen molar-refractivity contribution in [1.82, 2.24) is 39.9 Å². The van der Waals surface area contributed by atoms with Gasteiger partial charge in [-0.05, 0) is 364 Å². The standard InChI is InChI=1S/C18H23NO.C17H21NO2.C14H21NO.C14H23NO.C13H19NO2.C13H21NO2.C13H21NO.C12H19NO2/c1-13-14(2)16(4)19-18(15(13)3)20-12-8-11-17-9-6-5-7-10-17;1-12-13(2)17(18-14(3)16(12)19)20-11-7-10-15-8-5-4-6-9-15;1-9-10(2)12(4)15-14(11(9)3)16-13-7-5-6-8-13;1-9(2)7-8-16-14-12(5)10(3)11(4)13(6)15-14;1-8-9(2)13(14-10(3)12(8)15)16-11-6-4-5-7-11;1-8(2)6-7-16-13-10(4)9(3)12(15)11(5)14-13;1-6-7-8-15-13-11(4)9(2)10(3)12(5)14-13;1-5-6-7-15-12-9(3)8(2)11(14)10(4)13-12/h5-7,9-10H,8,11-12H2,1-4H3;4-6,8-9,19H,7,10-11H2,1-3H3;13H,5-8H2,1-4H3;9H,7-8H2,1-6H3;11,15H,4-7H2,1-3H3;8,15H,6-7H2,1-5H3;6-8H2,1-5H3;14H,5-7H2,1-4H3. The van der Waals surface area contributed by atoms with Gasteiger partial charge in [-0.2, -0.15) is 0 Å². The second kappa shape index (κ2) is 57.2. The molecule has 0 amide bonds. The van der Waals surface area contributed by atoms with Crippen molar-refractivity contribution in [3.63, 3.8) is 0 Å². The van der Waals surface area contributed by atoms with Gasteiger partial charge in [0.1, 0.15) is 35.2 Å². The lowest BCUT2D eigenvalue weighted by Gasteiger charge is -2.17. The van der Waals surface area contributed by atoms with E-state index >= 15 is 0 Å². The van der Waals surface area contributed by atoms with E-state index in [0.717, 1.165) is 187 Å². The summed E-state index contributed by atoms with van der Waals surface area (Å²) >= 11 is 0. The van der Waals surface area contributed by atoms with Crippen LogP contribution in [0.4, 0.5) is 0 Å². The molecule has 8 heterocycles. The molecule has 10 aromatic rings. The minimum absolute atomic E-state index is 0.263. The van der Waals surface area contributed by atoms with Crippen molar-refractivity contribution in [2.24, 2.45) is 11.8 Å². The smallest absolute Gasteiger partial charge is 0.217 e. The lowest BCUT2D eigenvalue weighted by molar-refractivity contribution is 0.199. The predicted octanol–water partition coefficient (Wildman–Crippen LogP) is 28.0. The molecule has 2 aliphatic carbocycles. The highest BCUT2D eigenvalue weighted by Crippen LogP contribution is 2.37. The summed E-state index contributed by atoms with van der Waals surface area (Å²) in [7, 11) is 0. The Labute approximate surface area is 806 Å². The maximum Gasteiger partial charge on any atom is 0.217 e. The summed E-state index contributed by atoms with van der Waals surface area (Å²) in [5, 5.41) is 38.9. The number of ether oxygens (including phenoxy) is 8. The number of rotatable bonds is 30. The van der Waals surface area contributed by atoms with Crippen LogP contribution >= 0.6 is 0 Å². The lowest BCUT2D eigenvalue weighted by Crippen LogP contribution is -2.14. The van der Waals surface area contributed by atoms with Crippen molar-refractivity contribution >= 4 is 0 Å². The Morgan fingerprint density at radius 1 is 0.246 bits per heavy atom. The van der Waals surface area contributed by atoms with E-state index in [0.29, 0.717) is 96.8 Å². The molecule has 2 aromatic carbocycles. The maximum absolute atomic E-state index is 9.81. The first-order valence-electron chi connectivity index (χ1n) is 49.0. The summed E-state index contributed by atoms with van der Waals surface area (Å²) in [4.78, 5) is 35.2. The SMILES string of the molecule is CCCCOc1nc(C)c(C)c(C)c1C.CCCCOc1nc(C)c(O)c(C)c1C.Cc1nc(OC2CCCC2)c(C)c(C)c1C.Cc1nc(OC2CCCC2)c(C)c(C)c1O.Cc1nc(OCCC(C)C)c(C)c(C)c1C.Cc1nc(OCCC(C)C)c(C)c(C)c1O.Cc1nc(OCCCc2ccccc2)c(C)c(C)c1C.Cc1nc(OCCCc2ccccc2)c(C)c(C)c1O. The van der Waals surface area contributed by atoms with E-state index in [4.69, 9.17) is 37.9 Å². The highest BCUT2D eigenvalue weighted by atomic mass is 16.5. The van der Waals surface area contributed by atoms with E-state index in [-0.39, 0.29) is 23.0 Å². The molecule has 0 unspecified atom stereocenters. The fourth-order valence-electron chi connectivity index (χ4n) is 14.7. The molecule has 134 heavy (non-hydrogen) atoms. The molecule has 0 aliphatic heterocycles. The Morgan fingerprint density at radius 2 is 0.448 bits per heavy atom. The van der Waals surface area contributed by atoms with Crippen molar-refractivity contribution in [1.29, 1.82) is 0 Å². The maximum atomic E-state index is 9.81. The zero-order chi connectivity index (χ0) is 99.9. The van der Waals surface area contributed by atoms with Crippen LogP contribution in [0.25, 0.3) is 0 Å². The number of pyridine rings is 8. The van der Waals surface area contributed by atoms with Crippen LogP contribution in [0.3, 0.4) is 0 Å². The van der Waals surface area contributed by atoms with Crippen LogP contribution in [0.5, 0.6) is 70.0 Å². The zero-order valence-corrected chi connectivity index (χ0v) is 88.7. The number of hydrogen-bond acceptors (Lipinski definition) is 20. The Bertz CT molecular complexity index is 5000. The molecule has 0 radical (unpaired) electrons. The number of hydrogen-bond donors (Lipinski definition) is 4. The van der Waals surface area contributed by atoms with Gasteiger partial charge in [0, 0.05) is 89.5 Å². The van der Waals surface area contributed by atoms with Crippen LogP contribution in [0, 0.1) is 206 Å². The van der Waals surface area contributed by atoms with Crippen molar-refractivity contribution in [3.05, 3.63) is 229 Å². The Hall–Kier alpha value is -10.8. The summed E-state index contributed by atoms with van der Waals surface area (Å²) in [6.45, 7) is 73.3. The van der Waals surface area contributed by atoms with Crippen molar-refractivity contribution < 1.29 is 58.3 Å². The Balaban J connectivity index is 0.000000271. The molecule has 0 saturated heterocycles. The first-order valence-corrected chi connectivity index (χ1v) is 49.0. The monoisotopic (exact) mass is 1840 g/mol. The van der Waals surface area contributed by atoms with E-state index in [1.54, 1.807) is 20.8 Å². The third-order valence-electron chi connectivity index (χ3n) is 26.3. The van der Waals surface area contributed by atoms with E-state index in [2.05, 4.69) is 220 Å². The molecule has 0 spiro atoms. The minimum Gasteiger partial charge on any atom is -0.506 e. The highest BCUT2D eigenvalue weighted by molar-refractivity contribution is 5.50. The fourth-order valence-corrected chi connectivity index (χ4v) is 14.7. The number of benzene rings is 2. The van der Waals surface area contributed by atoms with Crippen LogP contribution in [-0.2, 0) is 12.8 Å². The highest BCUT2D eigenvalue weighted by Gasteiger charge is 2.24. The molecule has 736 valence electrons. The summed E-state index contributed by atoms with van der Waals surface area (Å²) in [6.07, 6.45) is 20.9. The minimum atomic E-state index is 0.263. The molecular formula is C114H168N8O12. The quantitative estimate of drug-likeness (QED) is 0.0305. The molecule has 12 rings (SSSR count). The van der Waals surface area contributed by atoms with E-state index < -0.39 is 0 Å². The fraction of sp³-hybridized carbons (Fsp3) is 0.544. The molecule has 8 aromatic heterocycles. The van der Waals surface area contributed by atoms with Gasteiger partial charge in [0.05, 0.1) is 62.4 Å². The Kier molecular flexibility index (Phi) is 48.6. The van der Waals surface area contributed by atoms with Gasteiger partial charge in [-0.1, -0.05) is 115 Å². The van der Waals surface area contributed by atoms with Crippen molar-refractivity contribution in [2.45, 2.75) is 363 Å². The first kappa shape index (κ1) is 114. The van der Waals surface area contributed by atoms with E-state index in [9.17, 15) is 20.4 Å². The van der Waals surface area contributed by atoms with Crippen LogP contribution in [0.2, 0.25) is 0 Å². The average Bonchev–Trinajstić information content (AvgIpc) is 1.94. The molecule has 2 fully saturated rings. The van der Waals surface area contributed by atoms with Gasteiger partial charge in [0.15, 0.2) is 0 Å². The number of aromatic nitrogens is 8. The molecule has 0 atom stereocenters. The van der Waals surface area contributed by atoms with Gasteiger partial charge < -0.3 is 58.3 Å². The molecule has 0 bridgehead atoms. The van der Waals surface area contributed by atoms with E-state index in [1.807, 2.05) is 95.2 Å². The largest absolute Gasteiger partial charge is 0.506 e. The van der Waals surface area contributed by atoms with Crippen LogP contribution < -0.4 is 37.9 Å². The normalized spacial score (nSPS) is 12.1.